The molecule has 2 unspecified atom stereocenters. The number of piperidine rings is 1. The van der Waals surface area contributed by atoms with E-state index in [4.69, 9.17) is 16.3 Å². The highest BCUT2D eigenvalue weighted by Gasteiger charge is 2.36. The van der Waals surface area contributed by atoms with Crippen molar-refractivity contribution in [2.45, 2.75) is 32.0 Å². The molecule has 1 aromatic carbocycles. The monoisotopic (exact) mass is 337 g/mol. The number of nitrogens with one attached hydrogen (secondary N) is 1. The van der Waals surface area contributed by atoms with E-state index in [9.17, 15) is 4.79 Å². The number of likely N-dealkylation sites (tertiary alicyclic amines) is 1. The van der Waals surface area contributed by atoms with Crippen LogP contribution < -0.4 is 5.32 Å². The molecule has 1 aromatic rings. The fraction of sp³-hybridized carbons (Fsp3) is 0.588. The minimum atomic E-state index is -0.0122. The number of carbonyl (C=O) groups excluding carboxylic acids is 1. The van der Waals surface area contributed by atoms with E-state index in [1.165, 1.54) is 0 Å². The van der Waals surface area contributed by atoms with Crippen molar-refractivity contribution in [1.29, 1.82) is 0 Å². The first-order valence-corrected chi connectivity index (χ1v) is 8.52. The number of benzene rings is 1. The summed E-state index contributed by atoms with van der Waals surface area (Å²) in [5.41, 5.74) is 2.19. The van der Waals surface area contributed by atoms with Gasteiger partial charge in [0.05, 0.1) is 18.8 Å². The molecule has 6 heteroatoms. The first-order chi connectivity index (χ1) is 11.0. The fourth-order valence-electron chi connectivity index (χ4n) is 3.34. The Balaban J connectivity index is 1.57. The van der Waals surface area contributed by atoms with Crippen LogP contribution in [0, 0.1) is 6.92 Å². The summed E-state index contributed by atoms with van der Waals surface area (Å²) in [6.07, 6.45) is 1.16. The standard InChI is InChI=1S/C17H24ClN3O2/c1-12-3-4-14(18)9-13(12)10-19-17(22)21-6-5-16-15(11-21)20(2)7-8-23-16/h3-4,9,15-16H,5-8,10-11H2,1-2H3,(H,19,22). The van der Waals surface area contributed by atoms with Gasteiger partial charge < -0.3 is 15.0 Å². The van der Waals surface area contributed by atoms with Crippen LogP contribution in [-0.4, -0.2) is 61.3 Å². The molecule has 2 amide bonds. The SMILES string of the molecule is Cc1ccc(Cl)cc1CNC(=O)N1CCC2OCCN(C)C2C1. The van der Waals surface area contributed by atoms with Crippen molar-refractivity contribution >= 4 is 17.6 Å². The molecule has 0 radical (unpaired) electrons. The third-order valence-electron chi connectivity index (χ3n) is 4.89. The Kier molecular flexibility index (Phi) is 5.09. The van der Waals surface area contributed by atoms with Crippen molar-refractivity contribution in [3.8, 4) is 0 Å². The summed E-state index contributed by atoms with van der Waals surface area (Å²) >= 11 is 6.03. The van der Waals surface area contributed by atoms with Crippen LogP contribution in [0.15, 0.2) is 18.2 Å². The van der Waals surface area contributed by atoms with Gasteiger partial charge in [0.25, 0.3) is 0 Å². The van der Waals surface area contributed by atoms with Crippen molar-refractivity contribution in [2.24, 2.45) is 0 Å². The number of amides is 2. The molecule has 0 saturated carbocycles. The predicted molar refractivity (Wildman–Crippen MR) is 90.8 cm³/mol. The lowest BCUT2D eigenvalue weighted by Gasteiger charge is -2.45. The first-order valence-electron chi connectivity index (χ1n) is 8.14. The normalized spacial score (nSPS) is 25.1. The van der Waals surface area contributed by atoms with Gasteiger partial charge in [0.2, 0.25) is 0 Å². The van der Waals surface area contributed by atoms with Gasteiger partial charge in [0.1, 0.15) is 0 Å². The second-order valence-corrected chi connectivity index (χ2v) is 6.86. The second kappa shape index (κ2) is 7.07. The summed E-state index contributed by atoms with van der Waals surface area (Å²) in [6.45, 7) is 5.72. The maximum Gasteiger partial charge on any atom is 0.317 e. The van der Waals surface area contributed by atoms with Crippen LogP contribution in [-0.2, 0) is 11.3 Å². The Hall–Kier alpha value is -1.30. The minimum absolute atomic E-state index is 0.0122. The zero-order valence-electron chi connectivity index (χ0n) is 13.7. The van der Waals surface area contributed by atoms with Gasteiger partial charge >= 0.3 is 6.03 Å². The average molecular weight is 338 g/mol. The summed E-state index contributed by atoms with van der Waals surface area (Å²) < 4.78 is 5.82. The van der Waals surface area contributed by atoms with Gasteiger partial charge in [-0.05, 0) is 43.7 Å². The fourth-order valence-corrected chi connectivity index (χ4v) is 3.53. The number of hydrogen-bond acceptors (Lipinski definition) is 3. The number of nitrogens with zero attached hydrogens (tertiary/aromatic N) is 2. The number of urea groups is 1. The zero-order valence-corrected chi connectivity index (χ0v) is 14.5. The highest BCUT2D eigenvalue weighted by atomic mass is 35.5. The van der Waals surface area contributed by atoms with Gasteiger partial charge in [-0.2, -0.15) is 0 Å². The van der Waals surface area contributed by atoms with E-state index in [1.807, 2.05) is 30.0 Å². The quantitative estimate of drug-likeness (QED) is 0.900. The van der Waals surface area contributed by atoms with E-state index >= 15 is 0 Å². The highest BCUT2D eigenvalue weighted by molar-refractivity contribution is 6.30. The third kappa shape index (κ3) is 3.79. The van der Waals surface area contributed by atoms with Crippen molar-refractivity contribution in [3.63, 3.8) is 0 Å². The molecular formula is C17H24ClN3O2. The van der Waals surface area contributed by atoms with Crippen molar-refractivity contribution in [3.05, 3.63) is 34.3 Å². The minimum Gasteiger partial charge on any atom is -0.375 e. The molecule has 5 nitrogen and oxygen atoms in total. The molecule has 0 aromatic heterocycles. The molecule has 0 bridgehead atoms. The number of likely N-dealkylation sites (N-methyl/N-ethyl adjacent to an activating group) is 1. The number of carbonyl (C=O) groups is 1. The summed E-state index contributed by atoms with van der Waals surface area (Å²) in [5.74, 6) is 0. The van der Waals surface area contributed by atoms with Gasteiger partial charge in [0, 0.05) is 31.2 Å². The van der Waals surface area contributed by atoms with E-state index < -0.39 is 0 Å². The maximum atomic E-state index is 12.5. The molecule has 0 aliphatic carbocycles. The lowest BCUT2D eigenvalue weighted by Crippen LogP contribution is -2.60. The van der Waals surface area contributed by atoms with Crippen molar-refractivity contribution < 1.29 is 9.53 Å². The third-order valence-corrected chi connectivity index (χ3v) is 5.13. The first kappa shape index (κ1) is 16.6. The summed E-state index contributed by atoms with van der Waals surface area (Å²) in [5, 5.41) is 3.71. The number of hydrogen-bond donors (Lipinski definition) is 1. The number of fused-ring (bicyclic) bond motifs is 1. The van der Waals surface area contributed by atoms with Crippen LogP contribution >= 0.6 is 11.6 Å². The molecule has 2 aliphatic rings. The summed E-state index contributed by atoms with van der Waals surface area (Å²) in [7, 11) is 2.11. The molecule has 23 heavy (non-hydrogen) atoms. The van der Waals surface area contributed by atoms with Crippen LogP contribution in [0.3, 0.4) is 0 Å². The molecule has 2 aliphatic heterocycles. The van der Waals surface area contributed by atoms with Crippen molar-refractivity contribution in [2.75, 3.05) is 33.3 Å². The molecule has 0 spiro atoms. The molecule has 2 atom stereocenters. The Morgan fingerprint density at radius 3 is 3.09 bits per heavy atom. The highest BCUT2D eigenvalue weighted by Crippen LogP contribution is 2.22. The van der Waals surface area contributed by atoms with E-state index in [-0.39, 0.29) is 12.1 Å². The predicted octanol–water partition coefficient (Wildman–Crippen LogP) is 2.26. The van der Waals surface area contributed by atoms with Gasteiger partial charge in [-0.1, -0.05) is 17.7 Å². The van der Waals surface area contributed by atoms with Crippen LogP contribution in [0.25, 0.3) is 0 Å². The van der Waals surface area contributed by atoms with E-state index in [2.05, 4.69) is 17.3 Å². The van der Waals surface area contributed by atoms with Gasteiger partial charge in [0.15, 0.2) is 0 Å². The Labute approximate surface area is 142 Å². The summed E-state index contributed by atoms with van der Waals surface area (Å²) in [4.78, 5) is 16.7. The second-order valence-electron chi connectivity index (χ2n) is 6.42. The number of aryl methyl sites for hydroxylation is 1. The summed E-state index contributed by atoms with van der Waals surface area (Å²) in [6, 6.07) is 6.04. The molecule has 126 valence electrons. The number of rotatable bonds is 2. The van der Waals surface area contributed by atoms with Gasteiger partial charge in [-0.3, -0.25) is 4.90 Å². The van der Waals surface area contributed by atoms with E-state index in [0.29, 0.717) is 17.6 Å². The zero-order chi connectivity index (χ0) is 16.4. The number of ether oxygens (including phenoxy) is 1. The van der Waals surface area contributed by atoms with Crippen LogP contribution in [0.4, 0.5) is 4.79 Å². The largest absolute Gasteiger partial charge is 0.375 e. The lowest BCUT2D eigenvalue weighted by atomic mass is 9.99. The number of morpholine rings is 1. The Morgan fingerprint density at radius 2 is 2.26 bits per heavy atom. The molecule has 1 N–H and O–H groups in total. The molecule has 3 rings (SSSR count). The smallest absolute Gasteiger partial charge is 0.317 e. The van der Waals surface area contributed by atoms with E-state index in [1.54, 1.807) is 0 Å². The van der Waals surface area contributed by atoms with Crippen molar-refractivity contribution in [1.82, 2.24) is 15.1 Å². The molecular weight excluding hydrogens is 314 g/mol. The topological polar surface area (TPSA) is 44.8 Å². The Morgan fingerprint density at radius 1 is 1.43 bits per heavy atom. The van der Waals surface area contributed by atoms with Crippen LogP contribution in [0.2, 0.25) is 5.02 Å². The van der Waals surface area contributed by atoms with E-state index in [0.717, 1.165) is 43.8 Å². The van der Waals surface area contributed by atoms with Gasteiger partial charge in [-0.25, -0.2) is 4.79 Å². The van der Waals surface area contributed by atoms with Crippen LogP contribution in [0.5, 0.6) is 0 Å². The maximum absolute atomic E-state index is 12.5. The lowest BCUT2D eigenvalue weighted by molar-refractivity contribution is -0.0881. The van der Waals surface area contributed by atoms with Crippen LogP contribution in [0.1, 0.15) is 17.5 Å². The molecule has 2 saturated heterocycles. The Bertz CT molecular complexity index is 581. The molecule has 2 heterocycles. The number of halogens is 1. The average Bonchev–Trinajstić information content (AvgIpc) is 2.55. The van der Waals surface area contributed by atoms with Gasteiger partial charge in [-0.15, -0.1) is 0 Å². The molecule has 2 fully saturated rings.